The second kappa shape index (κ2) is 5.68. The molecule has 0 bridgehead atoms. The van der Waals surface area contributed by atoms with Crippen molar-refractivity contribution in [2.24, 2.45) is 0 Å². The molecule has 2 rings (SSSR count). The Balaban J connectivity index is 2.40. The fourth-order valence-corrected chi connectivity index (χ4v) is 1.89. The first-order valence-corrected chi connectivity index (χ1v) is 6.29. The van der Waals surface area contributed by atoms with E-state index in [0.717, 1.165) is 12.1 Å². The van der Waals surface area contributed by atoms with Crippen molar-refractivity contribution in [1.82, 2.24) is 9.97 Å². The number of benzene rings is 1. The van der Waals surface area contributed by atoms with Crippen LogP contribution in [0.15, 0.2) is 30.3 Å². The Bertz CT molecular complexity index is 634. The highest BCUT2D eigenvalue weighted by Crippen LogP contribution is 2.24. The van der Waals surface area contributed by atoms with Crippen LogP contribution >= 0.6 is 11.6 Å². The summed E-state index contributed by atoms with van der Waals surface area (Å²) >= 11 is 5.99. The average molecular weight is 273 g/mol. The maximum Gasteiger partial charge on any atom is 0.137 e. The predicted octanol–water partition coefficient (Wildman–Crippen LogP) is 3.33. The zero-order chi connectivity index (χ0) is 13.8. The quantitative estimate of drug-likeness (QED) is 0.804. The van der Waals surface area contributed by atoms with Crippen molar-refractivity contribution in [2.75, 3.05) is 11.9 Å². The fraction of sp³-hybridized carbons (Fsp3) is 0.214. The van der Waals surface area contributed by atoms with Crippen LogP contribution in [0.25, 0.3) is 0 Å². The number of hydrogen-bond donors (Lipinski definition) is 0. The zero-order valence-corrected chi connectivity index (χ0v) is 11.5. The van der Waals surface area contributed by atoms with Gasteiger partial charge < -0.3 is 4.90 Å². The maximum atomic E-state index is 8.93. The van der Waals surface area contributed by atoms with Crippen molar-refractivity contribution in [3.05, 3.63) is 46.9 Å². The molecule has 0 radical (unpaired) electrons. The minimum absolute atomic E-state index is 0.421. The van der Waals surface area contributed by atoms with E-state index in [2.05, 4.69) is 16.0 Å². The molecular weight excluding hydrogens is 260 g/mol. The molecular formula is C14H13ClN4. The second-order valence-electron chi connectivity index (χ2n) is 4.04. The van der Waals surface area contributed by atoms with Crippen molar-refractivity contribution < 1.29 is 0 Å². The lowest BCUT2D eigenvalue weighted by atomic mass is 10.2. The summed E-state index contributed by atoms with van der Waals surface area (Å²) in [5.41, 5.74) is 1.50. The molecule has 4 nitrogen and oxygen atoms in total. The molecule has 1 heterocycles. The molecule has 0 fully saturated rings. The second-order valence-corrected chi connectivity index (χ2v) is 4.43. The third-order valence-corrected chi connectivity index (χ3v) is 2.94. The number of halogens is 1. The number of anilines is 2. The van der Waals surface area contributed by atoms with Gasteiger partial charge >= 0.3 is 0 Å². The van der Waals surface area contributed by atoms with E-state index in [4.69, 9.17) is 16.9 Å². The third kappa shape index (κ3) is 3.01. The van der Waals surface area contributed by atoms with Gasteiger partial charge in [-0.3, -0.25) is 0 Å². The van der Waals surface area contributed by atoms with Crippen molar-refractivity contribution in [2.45, 2.75) is 13.3 Å². The van der Waals surface area contributed by atoms with Gasteiger partial charge in [-0.15, -0.1) is 0 Å². The van der Waals surface area contributed by atoms with Gasteiger partial charge in [-0.1, -0.05) is 24.6 Å². The normalized spacial score (nSPS) is 10.0. The van der Waals surface area contributed by atoms with Crippen LogP contribution in [0.3, 0.4) is 0 Å². The molecule has 96 valence electrons. The molecule has 0 saturated heterocycles. The average Bonchev–Trinajstić information content (AvgIpc) is 2.45. The molecule has 19 heavy (non-hydrogen) atoms. The summed E-state index contributed by atoms with van der Waals surface area (Å²) in [4.78, 5) is 10.5. The van der Waals surface area contributed by atoms with Gasteiger partial charge in [0, 0.05) is 25.2 Å². The van der Waals surface area contributed by atoms with E-state index in [-0.39, 0.29) is 0 Å². The van der Waals surface area contributed by atoms with E-state index >= 15 is 0 Å². The SMILES string of the molecule is CCc1nc(Cl)cc(N(C)c2cccc(C#N)c2)n1. The topological polar surface area (TPSA) is 52.8 Å². The van der Waals surface area contributed by atoms with Gasteiger partial charge in [-0.05, 0) is 18.2 Å². The smallest absolute Gasteiger partial charge is 0.137 e. The van der Waals surface area contributed by atoms with Crippen LogP contribution in [0.2, 0.25) is 5.15 Å². The minimum atomic E-state index is 0.421. The highest BCUT2D eigenvalue weighted by molar-refractivity contribution is 6.29. The van der Waals surface area contributed by atoms with Crippen LogP contribution in [0.5, 0.6) is 0 Å². The largest absolute Gasteiger partial charge is 0.329 e. The summed E-state index contributed by atoms with van der Waals surface area (Å²) in [5, 5.41) is 9.35. The lowest BCUT2D eigenvalue weighted by Crippen LogP contribution is -2.12. The van der Waals surface area contributed by atoms with Crippen LogP contribution in [-0.2, 0) is 6.42 Å². The lowest BCUT2D eigenvalue weighted by Gasteiger charge is -2.19. The Hall–Kier alpha value is -2.12. The summed E-state index contributed by atoms with van der Waals surface area (Å²) in [6, 6.07) is 11.2. The molecule has 0 aliphatic heterocycles. The first-order valence-electron chi connectivity index (χ1n) is 5.91. The maximum absolute atomic E-state index is 8.93. The Morgan fingerprint density at radius 2 is 2.11 bits per heavy atom. The molecule has 1 aromatic carbocycles. The van der Waals surface area contributed by atoms with Crippen molar-refractivity contribution >= 4 is 23.1 Å². The van der Waals surface area contributed by atoms with E-state index in [1.165, 1.54) is 0 Å². The minimum Gasteiger partial charge on any atom is -0.329 e. The van der Waals surface area contributed by atoms with Gasteiger partial charge in [0.05, 0.1) is 11.6 Å². The number of aromatic nitrogens is 2. The van der Waals surface area contributed by atoms with Gasteiger partial charge in [0.25, 0.3) is 0 Å². The molecule has 0 amide bonds. The molecule has 2 aromatic rings. The zero-order valence-electron chi connectivity index (χ0n) is 10.8. The van der Waals surface area contributed by atoms with Crippen LogP contribution in [0.1, 0.15) is 18.3 Å². The number of hydrogen-bond acceptors (Lipinski definition) is 4. The number of nitrogens with zero attached hydrogens (tertiary/aromatic N) is 4. The Labute approximate surface area is 117 Å². The van der Waals surface area contributed by atoms with Gasteiger partial charge in [-0.25, -0.2) is 9.97 Å². The van der Waals surface area contributed by atoms with Crippen molar-refractivity contribution in [1.29, 1.82) is 5.26 Å². The molecule has 0 N–H and O–H groups in total. The van der Waals surface area contributed by atoms with E-state index < -0.39 is 0 Å². The van der Waals surface area contributed by atoms with Gasteiger partial charge in [0.15, 0.2) is 0 Å². The van der Waals surface area contributed by atoms with Crippen molar-refractivity contribution in [3.8, 4) is 6.07 Å². The molecule has 0 aliphatic carbocycles. The fourth-order valence-electron chi connectivity index (χ4n) is 1.70. The highest BCUT2D eigenvalue weighted by Gasteiger charge is 2.09. The molecule has 5 heteroatoms. The van der Waals surface area contributed by atoms with Crippen LogP contribution < -0.4 is 4.90 Å². The molecule has 0 saturated carbocycles. The van der Waals surface area contributed by atoms with E-state index in [0.29, 0.717) is 22.4 Å². The molecule has 0 atom stereocenters. The Kier molecular flexibility index (Phi) is 3.98. The molecule has 1 aromatic heterocycles. The Morgan fingerprint density at radius 1 is 1.32 bits per heavy atom. The molecule has 0 aliphatic rings. The van der Waals surface area contributed by atoms with Gasteiger partial charge in [0.2, 0.25) is 0 Å². The standard InChI is InChI=1S/C14H13ClN4/c1-3-13-17-12(15)8-14(18-13)19(2)11-6-4-5-10(7-11)9-16/h4-8H,3H2,1-2H3. The summed E-state index contributed by atoms with van der Waals surface area (Å²) in [7, 11) is 1.88. The summed E-state index contributed by atoms with van der Waals surface area (Å²) in [6.07, 6.45) is 0.722. The molecule has 0 unspecified atom stereocenters. The summed E-state index contributed by atoms with van der Waals surface area (Å²) in [5.74, 6) is 1.41. The highest BCUT2D eigenvalue weighted by atomic mass is 35.5. The lowest BCUT2D eigenvalue weighted by molar-refractivity contribution is 0.926. The van der Waals surface area contributed by atoms with Gasteiger partial charge in [-0.2, -0.15) is 5.26 Å². The number of nitriles is 1. The molecule has 0 spiro atoms. The van der Waals surface area contributed by atoms with Crippen LogP contribution in [0.4, 0.5) is 11.5 Å². The first-order chi connectivity index (χ1) is 9.13. The number of aryl methyl sites for hydroxylation is 1. The summed E-state index contributed by atoms with van der Waals surface area (Å²) in [6.45, 7) is 1.98. The van der Waals surface area contributed by atoms with E-state index in [1.807, 2.05) is 37.1 Å². The third-order valence-electron chi connectivity index (χ3n) is 2.75. The van der Waals surface area contributed by atoms with Crippen LogP contribution in [-0.4, -0.2) is 17.0 Å². The van der Waals surface area contributed by atoms with Gasteiger partial charge in [0.1, 0.15) is 16.8 Å². The van der Waals surface area contributed by atoms with Crippen LogP contribution in [0, 0.1) is 11.3 Å². The first kappa shape index (κ1) is 13.3. The van der Waals surface area contributed by atoms with E-state index in [1.54, 1.807) is 12.1 Å². The summed E-state index contributed by atoms with van der Waals surface area (Å²) < 4.78 is 0. The predicted molar refractivity (Wildman–Crippen MR) is 75.6 cm³/mol. The van der Waals surface area contributed by atoms with E-state index in [9.17, 15) is 0 Å². The van der Waals surface area contributed by atoms with Crippen molar-refractivity contribution in [3.63, 3.8) is 0 Å². The number of rotatable bonds is 3. The monoisotopic (exact) mass is 272 g/mol. The Morgan fingerprint density at radius 3 is 2.79 bits per heavy atom.